The Morgan fingerprint density at radius 1 is 1.48 bits per heavy atom. The van der Waals surface area contributed by atoms with Crippen LogP contribution >= 0.6 is 0 Å². The highest BCUT2D eigenvalue weighted by atomic mass is 19.1. The second-order valence-corrected chi connectivity index (χ2v) is 5.19. The van der Waals surface area contributed by atoms with Crippen molar-refractivity contribution < 1.29 is 4.39 Å². The van der Waals surface area contributed by atoms with Gasteiger partial charge in [-0.2, -0.15) is 4.98 Å². The van der Waals surface area contributed by atoms with Gasteiger partial charge in [0.15, 0.2) is 11.5 Å². The van der Waals surface area contributed by atoms with Crippen molar-refractivity contribution in [3.8, 4) is 0 Å². The molecule has 0 amide bonds. The number of rotatable bonds is 5. The van der Waals surface area contributed by atoms with E-state index in [4.69, 9.17) is 5.73 Å². The second-order valence-electron chi connectivity index (χ2n) is 5.19. The molecular weight excluding hydrogens is 299 g/mol. The van der Waals surface area contributed by atoms with E-state index in [0.29, 0.717) is 36.7 Å². The molecule has 0 saturated carbocycles. The summed E-state index contributed by atoms with van der Waals surface area (Å²) in [6.07, 6.45) is 3.74. The van der Waals surface area contributed by atoms with Crippen molar-refractivity contribution in [2.45, 2.75) is 13.0 Å². The number of aromatic amines is 1. The summed E-state index contributed by atoms with van der Waals surface area (Å²) in [4.78, 5) is 22.2. The molecule has 0 aliphatic rings. The van der Waals surface area contributed by atoms with Crippen LogP contribution in [-0.2, 0) is 20.0 Å². The molecule has 3 aromatic heterocycles. The van der Waals surface area contributed by atoms with Gasteiger partial charge in [-0.3, -0.25) is 9.97 Å². The fourth-order valence-corrected chi connectivity index (χ4v) is 2.57. The molecule has 23 heavy (non-hydrogen) atoms. The Kier molecular flexibility index (Phi) is 4.07. The summed E-state index contributed by atoms with van der Waals surface area (Å²) in [7, 11) is 1.67. The zero-order valence-corrected chi connectivity index (χ0v) is 12.6. The number of nitrogens with one attached hydrogen (secondary N) is 2. The molecule has 0 aliphatic carbocycles. The Morgan fingerprint density at radius 2 is 2.30 bits per heavy atom. The molecule has 8 heteroatoms. The summed E-state index contributed by atoms with van der Waals surface area (Å²) in [6.45, 7) is 0.719. The first-order valence-electron chi connectivity index (χ1n) is 7.21. The van der Waals surface area contributed by atoms with Crippen molar-refractivity contribution in [3.05, 3.63) is 52.1 Å². The van der Waals surface area contributed by atoms with Crippen molar-refractivity contribution in [1.29, 1.82) is 0 Å². The van der Waals surface area contributed by atoms with Crippen LogP contribution in [0, 0.1) is 5.82 Å². The number of H-pyrrole nitrogens is 1. The van der Waals surface area contributed by atoms with E-state index in [9.17, 15) is 9.18 Å². The van der Waals surface area contributed by atoms with Gasteiger partial charge in [0.1, 0.15) is 5.82 Å². The van der Waals surface area contributed by atoms with Gasteiger partial charge in [-0.25, -0.2) is 9.18 Å². The summed E-state index contributed by atoms with van der Waals surface area (Å²) < 4.78 is 16.3. The Balaban J connectivity index is 2.05. The molecule has 3 rings (SSSR count). The third-order valence-corrected chi connectivity index (χ3v) is 3.68. The minimum atomic E-state index is -0.536. The van der Waals surface area contributed by atoms with Crippen LogP contribution in [0.5, 0.6) is 0 Å². The first kappa shape index (κ1) is 15.2. The van der Waals surface area contributed by atoms with E-state index in [0.717, 1.165) is 5.56 Å². The molecule has 7 nitrogen and oxygen atoms in total. The predicted octanol–water partition coefficient (Wildman–Crippen LogP) is 0.909. The standard InChI is InChI=1S/C15H17FN6O/c1-22-10(4-5-17)12(16)11-13(20-15(23)21-14(11)22)19-8-9-3-2-6-18-7-9/h2-3,6-7H,4-5,8,17H2,1H3,(H2,19,20,21,23). The molecular formula is C15H17FN6O. The smallest absolute Gasteiger partial charge is 0.348 e. The number of anilines is 1. The molecule has 0 saturated heterocycles. The molecule has 3 heterocycles. The fraction of sp³-hybridized carbons (Fsp3) is 0.267. The van der Waals surface area contributed by atoms with E-state index in [1.165, 1.54) is 0 Å². The third-order valence-electron chi connectivity index (χ3n) is 3.68. The molecule has 0 aliphatic heterocycles. The van der Waals surface area contributed by atoms with Gasteiger partial charge in [0.05, 0.1) is 11.1 Å². The number of nitrogens with zero attached hydrogens (tertiary/aromatic N) is 3. The van der Waals surface area contributed by atoms with E-state index < -0.39 is 11.5 Å². The lowest BCUT2D eigenvalue weighted by atomic mass is 10.2. The van der Waals surface area contributed by atoms with Crippen LogP contribution in [0.15, 0.2) is 29.3 Å². The average molecular weight is 316 g/mol. The van der Waals surface area contributed by atoms with Crippen LogP contribution in [-0.4, -0.2) is 26.1 Å². The number of nitrogens with two attached hydrogens (primary N) is 1. The van der Waals surface area contributed by atoms with Crippen molar-refractivity contribution >= 4 is 16.9 Å². The van der Waals surface area contributed by atoms with Crippen molar-refractivity contribution in [1.82, 2.24) is 19.5 Å². The summed E-state index contributed by atoms with van der Waals surface area (Å²) >= 11 is 0. The SMILES string of the molecule is Cn1c(CCN)c(F)c2c(NCc3cccnc3)[nH]c(=O)nc21. The number of fused-ring (bicyclic) bond motifs is 1. The molecule has 0 radical (unpaired) electrons. The van der Waals surface area contributed by atoms with Crippen molar-refractivity contribution in [2.24, 2.45) is 12.8 Å². The van der Waals surface area contributed by atoms with Gasteiger partial charge in [-0.05, 0) is 18.2 Å². The summed E-state index contributed by atoms with van der Waals surface area (Å²) in [5.41, 5.74) is 6.63. The van der Waals surface area contributed by atoms with Crippen LogP contribution in [0.25, 0.3) is 11.0 Å². The normalized spacial score (nSPS) is 11.1. The Morgan fingerprint density at radius 3 is 3.00 bits per heavy atom. The van der Waals surface area contributed by atoms with Gasteiger partial charge in [0.2, 0.25) is 0 Å². The molecule has 0 unspecified atom stereocenters. The maximum Gasteiger partial charge on any atom is 0.348 e. The van der Waals surface area contributed by atoms with E-state index >= 15 is 0 Å². The number of halogens is 1. The zero-order chi connectivity index (χ0) is 16.4. The Labute approximate surface area is 131 Å². The van der Waals surface area contributed by atoms with Gasteiger partial charge in [0.25, 0.3) is 0 Å². The Hall–Kier alpha value is -2.74. The van der Waals surface area contributed by atoms with Gasteiger partial charge in [0, 0.05) is 32.4 Å². The lowest BCUT2D eigenvalue weighted by Crippen LogP contribution is -2.15. The maximum absolute atomic E-state index is 14.7. The van der Waals surface area contributed by atoms with Gasteiger partial charge in [-0.1, -0.05) is 6.07 Å². The van der Waals surface area contributed by atoms with Crippen LogP contribution < -0.4 is 16.7 Å². The third kappa shape index (κ3) is 2.80. The van der Waals surface area contributed by atoms with Gasteiger partial charge in [-0.15, -0.1) is 0 Å². The van der Waals surface area contributed by atoms with Crippen molar-refractivity contribution in [3.63, 3.8) is 0 Å². The number of pyridine rings is 1. The first-order valence-corrected chi connectivity index (χ1v) is 7.21. The van der Waals surface area contributed by atoms with Crippen LogP contribution in [0.3, 0.4) is 0 Å². The quantitative estimate of drug-likeness (QED) is 0.649. The highest BCUT2D eigenvalue weighted by Gasteiger charge is 2.20. The number of aromatic nitrogens is 4. The zero-order valence-electron chi connectivity index (χ0n) is 12.6. The second kappa shape index (κ2) is 6.17. The van der Waals surface area contributed by atoms with E-state index in [-0.39, 0.29) is 5.39 Å². The highest BCUT2D eigenvalue weighted by Crippen LogP contribution is 2.27. The predicted molar refractivity (Wildman–Crippen MR) is 85.6 cm³/mol. The summed E-state index contributed by atoms with van der Waals surface area (Å²) in [5, 5.41) is 3.31. The van der Waals surface area contributed by atoms with Crippen molar-refractivity contribution in [2.75, 3.05) is 11.9 Å². The average Bonchev–Trinajstić information content (AvgIpc) is 2.79. The number of hydrogen-bond donors (Lipinski definition) is 3. The Bertz CT molecular complexity index is 886. The summed E-state index contributed by atoms with van der Waals surface area (Å²) in [6, 6.07) is 3.70. The lowest BCUT2D eigenvalue weighted by molar-refractivity contribution is 0.606. The molecule has 0 aromatic carbocycles. The minimum Gasteiger partial charge on any atom is -0.367 e. The van der Waals surface area contributed by atoms with Crippen LogP contribution in [0.2, 0.25) is 0 Å². The highest BCUT2D eigenvalue weighted by molar-refractivity contribution is 5.89. The molecule has 3 aromatic rings. The van der Waals surface area contributed by atoms with Crippen LogP contribution in [0.4, 0.5) is 10.2 Å². The van der Waals surface area contributed by atoms with E-state index in [2.05, 4.69) is 20.3 Å². The van der Waals surface area contributed by atoms with Gasteiger partial charge < -0.3 is 15.6 Å². The molecule has 0 atom stereocenters. The monoisotopic (exact) mass is 316 g/mol. The summed E-state index contributed by atoms with van der Waals surface area (Å²) in [5.74, 6) is -0.106. The maximum atomic E-state index is 14.7. The lowest BCUT2D eigenvalue weighted by Gasteiger charge is -2.07. The molecule has 0 fully saturated rings. The molecule has 4 N–H and O–H groups in total. The fourth-order valence-electron chi connectivity index (χ4n) is 2.57. The van der Waals surface area contributed by atoms with Crippen LogP contribution in [0.1, 0.15) is 11.3 Å². The topological polar surface area (TPSA) is 102 Å². The first-order chi connectivity index (χ1) is 11.1. The minimum absolute atomic E-state index is 0.263. The largest absolute Gasteiger partial charge is 0.367 e. The van der Waals surface area contributed by atoms with Gasteiger partial charge >= 0.3 is 5.69 Å². The molecule has 0 bridgehead atoms. The molecule has 120 valence electrons. The molecule has 0 spiro atoms. The number of hydrogen-bond acceptors (Lipinski definition) is 5. The van der Waals surface area contributed by atoms with E-state index in [1.807, 2.05) is 12.1 Å². The number of aryl methyl sites for hydroxylation is 1. The van der Waals surface area contributed by atoms with E-state index in [1.54, 1.807) is 24.0 Å².